The number of hydrogen-bond donors (Lipinski definition) is 1. The second-order valence-corrected chi connectivity index (χ2v) is 5.33. The molecular weight excluding hydrogens is 248 g/mol. The van der Waals surface area contributed by atoms with E-state index < -0.39 is 0 Å². The van der Waals surface area contributed by atoms with E-state index in [9.17, 15) is 0 Å². The van der Waals surface area contributed by atoms with Crippen molar-refractivity contribution >= 4 is 16.6 Å². The van der Waals surface area contributed by atoms with Gasteiger partial charge in [-0.2, -0.15) is 0 Å². The molecule has 0 aliphatic carbocycles. The minimum atomic E-state index is 0.197. The quantitative estimate of drug-likeness (QED) is 0.594. The molecule has 0 radical (unpaired) electrons. The summed E-state index contributed by atoms with van der Waals surface area (Å²) in [5.74, 6) is 0.772. The number of fused-ring (bicyclic) bond motifs is 1. The summed E-state index contributed by atoms with van der Waals surface area (Å²) >= 11 is 0. The van der Waals surface area contributed by atoms with Crippen molar-refractivity contribution in [1.29, 1.82) is 0 Å². The zero-order valence-electron chi connectivity index (χ0n) is 12.4. The van der Waals surface area contributed by atoms with E-state index in [2.05, 4.69) is 18.8 Å². The Bertz CT molecular complexity index is 554. The first-order valence-corrected chi connectivity index (χ1v) is 7.52. The average molecular weight is 272 g/mol. The first-order chi connectivity index (χ1) is 9.72. The summed E-state index contributed by atoms with van der Waals surface area (Å²) in [7, 11) is 0. The van der Waals surface area contributed by atoms with E-state index in [0.717, 1.165) is 23.1 Å². The van der Waals surface area contributed by atoms with Crippen LogP contribution in [0.5, 0.6) is 5.75 Å². The first-order valence-electron chi connectivity index (χ1n) is 7.52. The van der Waals surface area contributed by atoms with Crippen LogP contribution in [-0.2, 0) is 0 Å². The number of unbranched alkanes of at least 4 members (excludes halogenated alkanes) is 3. The summed E-state index contributed by atoms with van der Waals surface area (Å²) < 4.78 is 5.98. The molecule has 108 valence electrons. The van der Waals surface area contributed by atoms with Crippen LogP contribution in [0.15, 0.2) is 30.5 Å². The van der Waals surface area contributed by atoms with E-state index in [-0.39, 0.29) is 6.10 Å². The molecule has 0 fully saturated rings. The van der Waals surface area contributed by atoms with Gasteiger partial charge >= 0.3 is 0 Å². The molecule has 0 aliphatic rings. The van der Waals surface area contributed by atoms with Crippen LogP contribution in [-0.4, -0.2) is 11.1 Å². The van der Waals surface area contributed by atoms with Crippen LogP contribution < -0.4 is 10.5 Å². The molecule has 1 atom stereocenters. The van der Waals surface area contributed by atoms with Crippen LogP contribution in [0.25, 0.3) is 10.9 Å². The normalized spacial score (nSPS) is 12.5. The third-order valence-electron chi connectivity index (χ3n) is 3.58. The second kappa shape index (κ2) is 7.13. The predicted molar refractivity (Wildman–Crippen MR) is 85.0 cm³/mol. The van der Waals surface area contributed by atoms with Gasteiger partial charge in [-0.1, -0.05) is 26.2 Å². The summed E-state index contributed by atoms with van der Waals surface area (Å²) in [4.78, 5) is 4.30. The molecular formula is C17H24N2O. The van der Waals surface area contributed by atoms with Gasteiger partial charge in [0.2, 0.25) is 0 Å². The third-order valence-corrected chi connectivity index (χ3v) is 3.58. The number of anilines is 1. The van der Waals surface area contributed by atoms with E-state index >= 15 is 0 Å². The fraction of sp³-hybridized carbons (Fsp3) is 0.471. The van der Waals surface area contributed by atoms with Gasteiger partial charge in [-0.25, -0.2) is 0 Å². The summed E-state index contributed by atoms with van der Waals surface area (Å²) in [6.45, 7) is 4.34. The molecule has 0 bridgehead atoms. The standard InChI is InChI=1S/C17H24N2O/c1-3-4-5-6-8-13(2)20-16-11-10-15-14(17(16)18)9-7-12-19-15/h7,9-13H,3-6,8,18H2,1-2H3. The molecule has 2 rings (SSSR count). The van der Waals surface area contributed by atoms with Gasteiger partial charge in [-0.15, -0.1) is 0 Å². The molecule has 1 heterocycles. The second-order valence-electron chi connectivity index (χ2n) is 5.33. The lowest BCUT2D eigenvalue weighted by Crippen LogP contribution is -2.12. The number of rotatable bonds is 7. The third kappa shape index (κ3) is 3.62. The number of aromatic nitrogens is 1. The van der Waals surface area contributed by atoms with Crippen molar-refractivity contribution in [2.45, 2.75) is 52.1 Å². The van der Waals surface area contributed by atoms with Gasteiger partial charge in [0.25, 0.3) is 0 Å². The first kappa shape index (κ1) is 14.6. The maximum atomic E-state index is 6.18. The highest BCUT2D eigenvalue weighted by atomic mass is 16.5. The van der Waals surface area contributed by atoms with E-state index in [1.807, 2.05) is 24.3 Å². The Kier molecular flexibility index (Phi) is 5.22. The Hall–Kier alpha value is -1.77. The van der Waals surface area contributed by atoms with E-state index in [1.54, 1.807) is 6.20 Å². The molecule has 0 saturated heterocycles. The van der Waals surface area contributed by atoms with Gasteiger partial charge in [-0.05, 0) is 44.0 Å². The molecule has 2 aromatic rings. The molecule has 0 aliphatic heterocycles. The van der Waals surface area contributed by atoms with Crippen molar-refractivity contribution in [1.82, 2.24) is 4.98 Å². The van der Waals surface area contributed by atoms with Gasteiger partial charge in [0.05, 0.1) is 17.3 Å². The Morgan fingerprint density at radius 2 is 2.05 bits per heavy atom. The number of nitrogen functional groups attached to an aromatic ring is 1. The Labute approximate surface area is 121 Å². The fourth-order valence-corrected chi connectivity index (χ4v) is 2.39. The molecule has 1 aromatic carbocycles. The van der Waals surface area contributed by atoms with E-state index in [4.69, 9.17) is 10.5 Å². The molecule has 3 heteroatoms. The van der Waals surface area contributed by atoms with Crippen molar-refractivity contribution in [3.05, 3.63) is 30.5 Å². The number of nitrogens with zero attached hydrogens (tertiary/aromatic N) is 1. The number of nitrogens with two attached hydrogens (primary N) is 1. The van der Waals surface area contributed by atoms with Gasteiger partial charge in [0, 0.05) is 11.6 Å². The van der Waals surface area contributed by atoms with E-state index in [0.29, 0.717) is 5.69 Å². The summed E-state index contributed by atoms with van der Waals surface area (Å²) in [5, 5.41) is 0.961. The molecule has 3 nitrogen and oxygen atoms in total. The zero-order chi connectivity index (χ0) is 14.4. The van der Waals surface area contributed by atoms with Crippen molar-refractivity contribution in [3.8, 4) is 5.75 Å². The predicted octanol–water partition coefficient (Wildman–Crippen LogP) is 4.55. The number of ether oxygens (including phenoxy) is 1. The van der Waals surface area contributed by atoms with Crippen LogP contribution >= 0.6 is 0 Å². The van der Waals surface area contributed by atoms with E-state index in [1.165, 1.54) is 25.7 Å². The molecule has 1 aromatic heterocycles. The maximum Gasteiger partial charge on any atom is 0.143 e. The Morgan fingerprint density at radius 1 is 1.20 bits per heavy atom. The highest BCUT2D eigenvalue weighted by Gasteiger charge is 2.09. The lowest BCUT2D eigenvalue weighted by Gasteiger charge is -2.17. The Balaban J connectivity index is 2.00. The van der Waals surface area contributed by atoms with Crippen molar-refractivity contribution in [3.63, 3.8) is 0 Å². The lowest BCUT2D eigenvalue weighted by molar-refractivity contribution is 0.208. The number of pyridine rings is 1. The minimum Gasteiger partial charge on any atom is -0.489 e. The molecule has 0 amide bonds. The molecule has 2 N–H and O–H groups in total. The zero-order valence-corrected chi connectivity index (χ0v) is 12.4. The molecule has 0 spiro atoms. The van der Waals surface area contributed by atoms with Crippen LogP contribution in [0.1, 0.15) is 46.0 Å². The highest BCUT2D eigenvalue weighted by molar-refractivity contribution is 5.93. The molecule has 1 unspecified atom stereocenters. The smallest absolute Gasteiger partial charge is 0.143 e. The van der Waals surface area contributed by atoms with Crippen LogP contribution in [0.3, 0.4) is 0 Å². The Morgan fingerprint density at radius 3 is 2.85 bits per heavy atom. The SMILES string of the molecule is CCCCCCC(C)Oc1ccc2ncccc2c1N. The van der Waals surface area contributed by atoms with Gasteiger partial charge in [0.15, 0.2) is 0 Å². The minimum absolute atomic E-state index is 0.197. The van der Waals surface area contributed by atoms with Crippen LogP contribution in [0.2, 0.25) is 0 Å². The maximum absolute atomic E-state index is 6.18. The average Bonchev–Trinajstić information content (AvgIpc) is 2.47. The largest absolute Gasteiger partial charge is 0.489 e. The fourth-order valence-electron chi connectivity index (χ4n) is 2.39. The van der Waals surface area contributed by atoms with Crippen molar-refractivity contribution < 1.29 is 4.74 Å². The summed E-state index contributed by atoms with van der Waals surface area (Å²) in [6.07, 6.45) is 8.11. The number of hydrogen-bond acceptors (Lipinski definition) is 3. The van der Waals surface area contributed by atoms with Crippen molar-refractivity contribution in [2.75, 3.05) is 5.73 Å². The van der Waals surface area contributed by atoms with Crippen LogP contribution in [0.4, 0.5) is 5.69 Å². The van der Waals surface area contributed by atoms with Gasteiger partial charge < -0.3 is 10.5 Å². The van der Waals surface area contributed by atoms with Crippen LogP contribution in [0, 0.1) is 0 Å². The van der Waals surface area contributed by atoms with Gasteiger partial charge in [-0.3, -0.25) is 4.98 Å². The summed E-state index contributed by atoms with van der Waals surface area (Å²) in [6, 6.07) is 7.77. The number of benzene rings is 1. The molecule has 20 heavy (non-hydrogen) atoms. The van der Waals surface area contributed by atoms with Gasteiger partial charge in [0.1, 0.15) is 5.75 Å². The lowest BCUT2D eigenvalue weighted by atomic mass is 10.1. The topological polar surface area (TPSA) is 48.1 Å². The molecule has 0 saturated carbocycles. The monoisotopic (exact) mass is 272 g/mol. The highest BCUT2D eigenvalue weighted by Crippen LogP contribution is 2.30. The summed E-state index contributed by atoms with van der Waals surface area (Å²) in [5.41, 5.74) is 7.78. The van der Waals surface area contributed by atoms with Crippen molar-refractivity contribution in [2.24, 2.45) is 0 Å².